The van der Waals surface area contributed by atoms with Gasteiger partial charge in [0.15, 0.2) is 5.78 Å². The Morgan fingerprint density at radius 2 is 2.26 bits per heavy atom. The average Bonchev–Trinajstić information content (AvgIpc) is 2.67. The van der Waals surface area contributed by atoms with Crippen molar-refractivity contribution in [3.63, 3.8) is 0 Å². The van der Waals surface area contributed by atoms with E-state index in [1.54, 1.807) is 4.68 Å². The molecule has 0 spiro atoms. The molecular weight excluding hydrogens is 308 g/mol. The Hall–Kier alpha value is -0.680. The minimum Gasteiger partial charge on any atom is -0.367 e. The molecule has 0 saturated carbocycles. The van der Waals surface area contributed by atoms with Crippen LogP contribution in [0.5, 0.6) is 0 Å². The van der Waals surface area contributed by atoms with Crippen LogP contribution in [0, 0.1) is 0 Å². The molecule has 0 bridgehead atoms. The molecule has 1 aliphatic rings. The van der Waals surface area contributed by atoms with Gasteiger partial charge in [-0.15, -0.1) is 0 Å². The molecule has 1 fully saturated rings. The first kappa shape index (κ1) is 14.7. The standard InChI is InChI=1S/C14H21BrN2O2/c1-4-10-13(15)11(17(3)16-10)9-12(18)14(2)7-5-6-8-19-14/h4-9H2,1-3H3. The molecule has 5 heteroatoms. The topological polar surface area (TPSA) is 44.1 Å². The first-order valence-corrected chi connectivity index (χ1v) is 7.64. The molecule has 1 unspecified atom stereocenters. The van der Waals surface area contributed by atoms with Crippen LogP contribution in [0.15, 0.2) is 4.47 Å². The van der Waals surface area contributed by atoms with Crippen LogP contribution in [0.1, 0.15) is 44.5 Å². The number of aryl methyl sites for hydroxylation is 2. The van der Waals surface area contributed by atoms with Crippen molar-refractivity contribution < 1.29 is 9.53 Å². The molecule has 0 radical (unpaired) electrons. The number of halogens is 1. The summed E-state index contributed by atoms with van der Waals surface area (Å²) in [5.41, 5.74) is 1.33. The van der Waals surface area contributed by atoms with E-state index in [9.17, 15) is 4.79 Å². The molecule has 0 N–H and O–H groups in total. The van der Waals surface area contributed by atoms with E-state index in [1.165, 1.54) is 0 Å². The third-order valence-corrected chi connectivity index (χ3v) is 4.80. The quantitative estimate of drug-likeness (QED) is 0.853. The van der Waals surface area contributed by atoms with Gasteiger partial charge in [-0.25, -0.2) is 0 Å². The third-order valence-electron chi connectivity index (χ3n) is 3.89. The first-order chi connectivity index (χ1) is 8.98. The van der Waals surface area contributed by atoms with Gasteiger partial charge in [-0.1, -0.05) is 6.92 Å². The number of ether oxygens (including phenoxy) is 1. The highest BCUT2D eigenvalue weighted by Gasteiger charge is 2.36. The van der Waals surface area contributed by atoms with Crippen LogP contribution < -0.4 is 0 Å². The van der Waals surface area contributed by atoms with E-state index in [1.807, 2.05) is 14.0 Å². The van der Waals surface area contributed by atoms with Gasteiger partial charge in [0.25, 0.3) is 0 Å². The van der Waals surface area contributed by atoms with Crippen molar-refractivity contribution in [2.45, 2.75) is 51.6 Å². The second kappa shape index (κ2) is 5.75. The smallest absolute Gasteiger partial charge is 0.170 e. The van der Waals surface area contributed by atoms with Gasteiger partial charge in [-0.2, -0.15) is 5.10 Å². The van der Waals surface area contributed by atoms with E-state index in [2.05, 4.69) is 28.0 Å². The summed E-state index contributed by atoms with van der Waals surface area (Å²) in [5.74, 6) is 0.151. The molecule has 1 atom stereocenters. The summed E-state index contributed by atoms with van der Waals surface area (Å²) in [7, 11) is 1.89. The zero-order valence-corrected chi connectivity index (χ0v) is 13.4. The summed E-state index contributed by atoms with van der Waals surface area (Å²) in [6, 6.07) is 0. The van der Waals surface area contributed by atoms with Gasteiger partial charge in [-0.3, -0.25) is 9.48 Å². The summed E-state index contributed by atoms with van der Waals surface area (Å²) in [4.78, 5) is 12.5. The number of hydrogen-bond acceptors (Lipinski definition) is 3. The number of aromatic nitrogens is 2. The van der Waals surface area contributed by atoms with E-state index in [4.69, 9.17) is 4.74 Å². The molecule has 19 heavy (non-hydrogen) atoms. The van der Waals surface area contributed by atoms with Crippen LogP contribution in [-0.4, -0.2) is 27.8 Å². The number of rotatable bonds is 4. The van der Waals surface area contributed by atoms with Gasteiger partial charge in [0, 0.05) is 13.7 Å². The second-order valence-corrected chi connectivity index (χ2v) is 6.11. The van der Waals surface area contributed by atoms with E-state index < -0.39 is 5.60 Å². The number of carbonyl (C=O) groups is 1. The number of nitrogens with zero attached hydrogens (tertiary/aromatic N) is 2. The van der Waals surface area contributed by atoms with Crippen molar-refractivity contribution in [1.29, 1.82) is 0 Å². The summed E-state index contributed by atoms with van der Waals surface area (Å²) < 4.78 is 8.48. The fraction of sp³-hybridized carbons (Fsp3) is 0.714. The highest BCUT2D eigenvalue weighted by molar-refractivity contribution is 9.10. The lowest BCUT2D eigenvalue weighted by atomic mass is 9.89. The molecule has 1 saturated heterocycles. The Labute approximate surface area is 122 Å². The molecule has 2 rings (SSSR count). The highest BCUT2D eigenvalue weighted by Crippen LogP contribution is 2.29. The van der Waals surface area contributed by atoms with Gasteiger partial charge in [-0.05, 0) is 48.5 Å². The number of hydrogen-bond donors (Lipinski definition) is 0. The molecule has 0 amide bonds. The molecule has 4 nitrogen and oxygen atoms in total. The zero-order chi connectivity index (χ0) is 14.0. The maximum Gasteiger partial charge on any atom is 0.170 e. The highest BCUT2D eigenvalue weighted by atomic mass is 79.9. The minimum atomic E-state index is -0.617. The Balaban J connectivity index is 2.16. The molecule has 2 heterocycles. The molecular formula is C14H21BrN2O2. The number of carbonyl (C=O) groups excluding carboxylic acids is 1. The monoisotopic (exact) mass is 328 g/mol. The van der Waals surface area contributed by atoms with E-state index >= 15 is 0 Å². The van der Waals surface area contributed by atoms with Gasteiger partial charge < -0.3 is 4.74 Å². The fourth-order valence-electron chi connectivity index (χ4n) is 2.50. The maximum atomic E-state index is 12.5. The van der Waals surface area contributed by atoms with Crippen LogP contribution in [0.2, 0.25) is 0 Å². The normalized spacial score (nSPS) is 23.6. The van der Waals surface area contributed by atoms with Crippen molar-refractivity contribution in [2.24, 2.45) is 7.05 Å². The lowest BCUT2D eigenvalue weighted by Crippen LogP contribution is -2.42. The fourth-order valence-corrected chi connectivity index (χ4v) is 3.26. The summed E-state index contributed by atoms with van der Waals surface area (Å²) >= 11 is 3.56. The van der Waals surface area contributed by atoms with Crippen LogP contribution in [0.25, 0.3) is 0 Å². The first-order valence-electron chi connectivity index (χ1n) is 6.85. The van der Waals surface area contributed by atoms with Crippen LogP contribution in [0.3, 0.4) is 0 Å². The van der Waals surface area contributed by atoms with Crippen molar-refractivity contribution in [3.05, 3.63) is 15.9 Å². The molecule has 0 aromatic carbocycles. The number of Topliss-reactive ketones (excluding diaryl/α,β-unsaturated/α-hetero) is 1. The van der Waals surface area contributed by atoms with Gasteiger partial charge >= 0.3 is 0 Å². The zero-order valence-electron chi connectivity index (χ0n) is 11.8. The molecule has 1 aromatic heterocycles. The third kappa shape index (κ3) is 2.92. The lowest BCUT2D eigenvalue weighted by molar-refractivity contribution is -0.147. The van der Waals surface area contributed by atoms with E-state index in [0.29, 0.717) is 13.0 Å². The Morgan fingerprint density at radius 3 is 2.79 bits per heavy atom. The Kier molecular flexibility index (Phi) is 4.46. The Morgan fingerprint density at radius 1 is 1.53 bits per heavy atom. The SMILES string of the molecule is CCc1nn(C)c(CC(=O)C2(C)CCCCO2)c1Br. The van der Waals surface area contributed by atoms with Gasteiger partial charge in [0.2, 0.25) is 0 Å². The largest absolute Gasteiger partial charge is 0.367 e. The summed E-state index contributed by atoms with van der Waals surface area (Å²) in [6.07, 6.45) is 4.17. The predicted octanol–water partition coefficient (Wildman–Crippen LogP) is 2.82. The maximum absolute atomic E-state index is 12.5. The molecule has 1 aliphatic heterocycles. The van der Waals surface area contributed by atoms with Crippen LogP contribution in [0.4, 0.5) is 0 Å². The molecule has 1 aromatic rings. The molecule has 0 aliphatic carbocycles. The average molecular weight is 329 g/mol. The van der Waals surface area contributed by atoms with E-state index in [0.717, 1.165) is 41.5 Å². The van der Waals surface area contributed by atoms with Gasteiger partial charge in [0.05, 0.1) is 22.3 Å². The molecule has 106 valence electrons. The van der Waals surface area contributed by atoms with Crippen LogP contribution >= 0.6 is 15.9 Å². The van der Waals surface area contributed by atoms with Gasteiger partial charge in [0.1, 0.15) is 5.60 Å². The van der Waals surface area contributed by atoms with E-state index in [-0.39, 0.29) is 5.78 Å². The summed E-state index contributed by atoms with van der Waals surface area (Å²) in [5, 5.41) is 4.43. The van der Waals surface area contributed by atoms with Crippen molar-refractivity contribution in [3.8, 4) is 0 Å². The predicted molar refractivity (Wildman–Crippen MR) is 77.2 cm³/mol. The van der Waals surface area contributed by atoms with Crippen molar-refractivity contribution in [1.82, 2.24) is 9.78 Å². The van der Waals surface area contributed by atoms with Crippen molar-refractivity contribution in [2.75, 3.05) is 6.61 Å². The minimum absolute atomic E-state index is 0.151. The summed E-state index contributed by atoms with van der Waals surface area (Å²) in [6.45, 7) is 4.67. The number of ketones is 1. The Bertz CT molecular complexity index is 476. The van der Waals surface area contributed by atoms with Crippen LogP contribution in [-0.2, 0) is 29.4 Å². The second-order valence-electron chi connectivity index (χ2n) is 5.32. The van der Waals surface area contributed by atoms with Crippen molar-refractivity contribution >= 4 is 21.7 Å². The lowest BCUT2D eigenvalue weighted by Gasteiger charge is -2.32.